The van der Waals surface area contributed by atoms with Gasteiger partial charge < -0.3 is 11.1 Å². The molecule has 0 radical (unpaired) electrons. The Balaban J connectivity index is 1.53. The highest BCUT2D eigenvalue weighted by molar-refractivity contribution is 6.32. The molecule has 6 heteroatoms. The first-order chi connectivity index (χ1) is 14.1. The Bertz CT molecular complexity index is 961. The van der Waals surface area contributed by atoms with Gasteiger partial charge in [-0.15, -0.1) is 0 Å². The molecular weight excluding hydrogens is 384 g/mol. The third kappa shape index (κ3) is 4.67. The third-order valence-electron chi connectivity index (χ3n) is 5.67. The van der Waals surface area contributed by atoms with Gasteiger partial charge >= 0.3 is 0 Å². The first kappa shape index (κ1) is 19.6. The molecule has 0 spiro atoms. The lowest BCUT2D eigenvalue weighted by Crippen LogP contribution is -2.32. The van der Waals surface area contributed by atoms with Crippen molar-refractivity contribution in [3.8, 4) is 11.3 Å². The van der Waals surface area contributed by atoms with Gasteiger partial charge in [0, 0.05) is 17.5 Å². The molecular formula is C23H25ClN4O. The van der Waals surface area contributed by atoms with Crippen molar-refractivity contribution in [1.82, 2.24) is 9.97 Å². The van der Waals surface area contributed by atoms with Crippen LogP contribution in [0.4, 0.5) is 5.95 Å². The van der Waals surface area contributed by atoms with Crippen molar-refractivity contribution in [2.75, 3.05) is 5.32 Å². The number of nitrogens with zero attached hydrogens (tertiary/aromatic N) is 2. The van der Waals surface area contributed by atoms with E-state index in [4.69, 9.17) is 22.3 Å². The molecule has 1 amide bonds. The summed E-state index contributed by atoms with van der Waals surface area (Å²) in [5.74, 6) is 0.353. The van der Waals surface area contributed by atoms with Gasteiger partial charge in [0.05, 0.1) is 16.9 Å². The number of rotatable bonds is 5. The Labute approximate surface area is 176 Å². The van der Waals surface area contributed by atoms with Gasteiger partial charge in [0.15, 0.2) is 0 Å². The van der Waals surface area contributed by atoms with Crippen molar-refractivity contribution in [1.29, 1.82) is 0 Å². The molecule has 1 fully saturated rings. The monoisotopic (exact) mass is 408 g/mol. The number of primary amides is 1. The Morgan fingerprint density at radius 2 is 1.93 bits per heavy atom. The Morgan fingerprint density at radius 1 is 1.14 bits per heavy atom. The van der Waals surface area contributed by atoms with Gasteiger partial charge in [0.25, 0.3) is 0 Å². The van der Waals surface area contributed by atoms with Crippen LogP contribution in [0.25, 0.3) is 16.8 Å². The summed E-state index contributed by atoms with van der Waals surface area (Å²) in [5, 5.41) is 3.93. The Hall–Kier alpha value is -2.66. The SMILES string of the molecule is NC(=O)C1CCC(Nc2ncc(Cl)c(-c3cccc(C4=CCCC=C4)c3)n2)CC1. The standard InChI is InChI=1S/C23H25ClN4O/c24-20-14-26-23(27-19-11-9-16(10-12-19)22(25)29)28-21(20)18-8-4-7-17(13-18)15-5-2-1-3-6-15/h2,4-8,13-14,16,19H,1,3,9-12H2,(H2,25,29)(H,26,27,28). The van der Waals surface area contributed by atoms with Crippen molar-refractivity contribution in [3.05, 3.63) is 59.3 Å². The number of allylic oxidation sites excluding steroid dienone is 4. The van der Waals surface area contributed by atoms with Crippen LogP contribution in [0.1, 0.15) is 44.1 Å². The smallest absolute Gasteiger partial charge is 0.223 e. The maximum absolute atomic E-state index is 11.4. The van der Waals surface area contributed by atoms with Crippen LogP contribution >= 0.6 is 11.6 Å². The highest BCUT2D eigenvalue weighted by Crippen LogP contribution is 2.31. The van der Waals surface area contributed by atoms with Crippen LogP contribution < -0.4 is 11.1 Å². The Morgan fingerprint density at radius 3 is 2.66 bits per heavy atom. The van der Waals surface area contributed by atoms with Crippen LogP contribution in [0.15, 0.2) is 48.7 Å². The summed E-state index contributed by atoms with van der Waals surface area (Å²) in [6, 6.07) is 8.52. The van der Waals surface area contributed by atoms with E-state index < -0.39 is 0 Å². The number of benzene rings is 1. The van der Waals surface area contributed by atoms with Gasteiger partial charge in [-0.1, -0.05) is 48.0 Å². The number of carbonyl (C=O) groups is 1. The zero-order valence-electron chi connectivity index (χ0n) is 16.3. The fourth-order valence-corrected chi connectivity index (χ4v) is 4.22. The lowest BCUT2D eigenvalue weighted by Gasteiger charge is -2.27. The van der Waals surface area contributed by atoms with Crippen molar-refractivity contribution in [2.24, 2.45) is 11.7 Å². The van der Waals surface area contributed by atoms with E-state index in [2.05, 4.69) is 40.7 Å². The van der Waals surface area contributed by atoms with Crippen molar-refractivity contribution >= 4 is 29.0 Å². The molecule has 2 aliphatic carbocycles. The highest BCUT2D eigenvalue weighted by Gasteiger charge is 2.25. The highest BCUT2D eigenvalue weighted by atomic mass is 35.5. The quantitative estimate of drug-likeness (QED) is 0.730. The van der Waals surface area contributed by atoms with E-state index in [0.717, 1.165) is 55.3 Å². The summed E-state index contributed by atoms with van der Waals surface area (Å²) in [6.07, 6.45) is 13.8. The second-order valence-electron chi connectivity index (χ2n) is 7.71. The van der Waals surface area contributed by atoms with Gasteiger partial charge in [-0.2, -0.15) is 0 Å². The van der Waals surface area contributed by atoms with Gasteiger partial charge in [0.2, 0.25) is 11.9 Å². The zero-order valence-corrected chi connectivity index (χ0v) is 17.0. The predicted octanol–water partition coefficient (Wildman–Crippen LogP) is 4.99. The van der Waals surface area contributed by atoms with Gasteiger partial charge in [-0.05, 0) is 55.7 Å². The summed E-state index contributed by atoms with van der Waals surface area (Å²) < 4.78 is 0. The molecule has 3 N–H and O–H groups in total. The van der Waals surface area contributed by atoms with Crippen LogP contribution in [0, 0.1) is 5.92 Å². The zero-order chi connectivity index (χ0) is 20.2. The number of anilines is 1. The van der Waals surface area contributed by atoms with Crippen LogP contribution in [-0.2, 0) is 4.79 Å². The van der Waals surface area contributed by atoms with Crippen molar-refractivity contribution < 1.29 is 4.79 Å². The largest absolute Gasteiger partial charge is 0.369 e. The van der Waals surface area contributed by atoms with E-state index in [1.165, 1.54) is 5.57 Å². The number of nitrogens with one attached hydrogen (secondary N) is 1. The van der Waals surface area contributed by atoms with Gasteiger partial charge in [0.1, 0.15) is 0 Å². The summed E-state index contributed by atoms with van der Waals surface area (Å²) in [7, 11) is 0. The number of carbonyl (C=O) groups excluding carboxylic acids is 1. The molecule has 1 aromatic heterocycles. The molecule has 0 atom stereocenters. The second kappa shape index (κ2) is 8.78. The first-order valence-electron chi connectivity index (χ1n) is 10.2. The lowest BCUT2D eigenvalue weighted by atomic mass is 9.86. The normalized spacial score (nSPS) is 21.5. The molecule has 29 heavy (non-hydrogen) atoms. The molecule has 150 valence electrons. The molecule has 1 heterocycles. The van der Waals surface area contributed by atoms with Crippen LogP contribution in [0.2, 0.25) is 5.02 Å². The second-order valence-corrected chi connectivity index (χ2v) is 8.11. The number of amides is 1. The summed E-state index contributed by atoms with van der Waals surface area (Å²) in [5.41, 5.74) is 9.50. The molecule has 0 saturated heterocycles. The van der Waals surface area contributed by atoms with E-state index in [0.29, 0.717) is 11.0 Å². The van der Waals surface area contributed by atoms with Crippen LogP contribution in [-0.4, -0.2) is 21.9 Å². The molecule has 1 saturated carbocycles. The number of hydrogen-bond donors (Lipinski definition) is 2. The average molecular weight is 409 g/mol. The first-order valence-corrected chi connectivity index (χ1v) is 10.5. The molecule has 4 rings (SSSR count). The number of hydrogen-bond acceptors (Lipinski definition) is 4. The minimum atomic E-state index is -0.198. The predicted molar refractivity (Wildman–Crippen MR) is 117 cm³/mol. The van der Waals surface area contributed by atoms with E-state index >= 15 is 0 Å². The summed E-state index contributed by atoms with van der Waals surface area (Å²) >= 11 is 6.43. The van der Waals surface area contributed by atoms with Crippen molar-refractivity contribution in [3.63, 3.8) is 0 Å². The fourth-order valence-electron chi connectivity index (χ4n) is 4.02. The fraction of sp³-hybridized carbons (Fsp3) is 0.348. The number of halogens is 1. The summed E-state index contributed by atoms with van der Waals surface area (Å²) in [6.45, 7) is 0. The number of aromatic nitrogens is 2. The van der Waals surface area contributed by atoms with E-state index in [1.807, 2.05) is 12.1 Å². The van der Waals surface area contributed by atoms with Crippen molar-refractivity contribution in [2.45, 2.75) is 44.6 Å². The van der Waals surface area contributed by atoms with E-state index in [-0.39, 0.29) is 17.9 Å². The van der Waals surface area contributed by atoms with Gasteiger partial charge in [-0.3, -0.25) is 4.79 Å². The van der Waals surface area contributed by atoms with Crippen LogP contribution in [0.3, 0.4) is 0 Å². The topological polar surface area (TPSA) is 80.9 Å². The van der Waals surface area contributed by atoms with Crippen LogP contribution in [0.5, 0.6) is 0 Å². The minimum Gasteiger partial charge on any atom is -0.369 e. The lowest BCUT2D eigenvalue weighted by molar-refractivity contribution is -0.122. The molecule has 2 aliphatic rings. The maximum Gasteiger partial charge on any atom is 0.223 e. The molecule has 0 aliphatic heterocycles. The average Bonchev–Trinajstić information content (AvgIpc) is 2.76. The summed E-state index contributed by atoms with van der Waals surface area (Å²) in [4.78, 5) is 20.4. The molecule has 0 bridgehead atoms. The van der Waals surface area contributed by atoms with Gasteiger partial charge in [-0.25, -0.2) is 9.97 Å². The minimum absolute atomic E-state index is 0.0133. The molecule has 1 aromatic carbocycles. The van der Waals surface area contributed by atoms with E-state index in [9.17, 15) is 4.79 Å². The molecule has 5 nitrogen and oxygen atoms in total. The maximum atomic E-state index is 11.4. The third-order valence-corrected chi connectivity index (χ3v) is 5.95. The van der Waals surface area contributed by atoms with E-state index in [1.54, 1.807) is 6.20 Å². The molecule has 2 aromatic rings. The Kier molecular flexibility index (Phi) is 5.95. The molecule has 0 unspecified atom stereocenters. The number of nitrogens with two attached hydrogens (primary N) is 1.